The molecule has 1 heterocycles. The molecule has 1 aliphatic rings. The highest BCUT2D eigenvalue weighted by atomic mass is 16.7. The molecule has 0 aromatic heterocycles. The highest BCUT2D eigenvalue weighted by Crippen LogP contribution is 2.13. The molecule has 0 radical (unpaired) electrons. The van der Waals surface area contributed by atoms with E-state index in [1.807, 2.05) is 12.1 Å². The van der Waals surface area contributed by atoms with Gasteiger partial charge in [-0.2, -0.15) is 0 Å². The number of carbonyl (C=O) groups is 2. The highest BCUT2D eigenvalue weighted by Gasteiger charge is 2.14. The number of carboxylic acids is 1. The molecule has 0 bridgehead atoms. The van der Waals surface area contributed by atoms with Crippen LogP contribution in [0.3, 0.4) is 0 Å². The van der Waals surface area contributed by atoms with E-state index in [1.165, 1.54) is 12.2 Å². The maximum absolute atomic E-state index is 11.8. The van der Waals surface area contributed by atoms with Gasteiger partial charge >= 0.3 is 5.97 Å². The second-order valence-electron chi connectivity index (χ2n) is 5.25. The number of rotatable bonds is 7. The highest BCUT2D eigenvalue weighted by molar-refractivity contribution is 5.94. The third-order valence-corrected chi connectivity index (χ3v) is 3.37. The van der Waals surface area contributed by atoms with Crippen LogP contribution in [0.25, 0.3) is 12.2 Å². The Morgan fingerprint density at radius 2 is 1.78 bits per heavy atom. The fourth-order valence-corrected chi connectivity index (χ4v) is 2.14. The zero-order valence-electron chi connectivity index (χ0n) is 12.8. The smallest absolute Gasteiger partial charge is 0.328 e. The summed E-state index contributed by atoms with van der Waals surface area (Å²) in [6.07, 6.45) is 8.47. The Kier molecular flexibility index (Phi) is 6.72. The van der Waals surface area contributed by atoms with E-state index in [2.05, 4.69) is 0 Å². The van der Waals surface area contributed by atoms with Crippen LogP contribution in [0, 0.1) is 0 Å². The van der Waals surface area contributed by atoms with Crippen LogP contribution in [0.5, 0.6) is 0 Å². The van der Waals surface area contributed by atoms with E-state index < -0.39 is 5.97 Å². The van der Waals surface area contributed by atoms with Crippen molar-refractivity contribution in [1.82, 2.24) is 0 Å². The summed E-state index contributed by atoms with van der Waals surface area (Å²) in [5.74, 6) is -1.10. The number of carboxylic acid groups (broad SMARTS) is 1. The summed E-state index contributed by atoms with van der Waals surface area (Å²) >= 11 is 0. The minimum atomic E-state index is -0.985. The van der Waals surface area contributed by atoms with Crippen LogP contribution < -0.4 is 0 Å². The lowest BCUT2D eigenvalue weighted by Crippen LogP contribution is -2.24. The summed E-state index contributed by atoms with van der Waals surface area (Å²) in [5, 5.41) is 8.56. The van der Waals surface area contributed by atoms with E-state index in [-0.39, 0.29) is 18.7 Å². The van der Waals surface area contributed by atoms with Crippen LogP contribution in [0.1, 0.15) is 30.4 Å². The predicted octanol–water partition coefficient (Wildman–Crippen LogP) is 2.91. The normalized spacial score (nSPS) is 18.5. The van der Waals surface area contributed by atoms with Gasteiger partial charge in [0.15, 0.2) is 12.1 Å². The van der Waals surface area contributed by atoms with Crippen LogP contribution in [0.2, 0.25) is 0 Å². The molecular weight excluding hydrogens is 296 g/mol. The first-order valence-corrected chi connectivity index (χ1v) is 7.59. The molecule has 1 aromatic carbocycles. The maximum atomic E-state index is 11.8. The first-order valence-electron chi connectivity index (χ1n) is 7.59. The standard InChI is InChI=1S/C18H20O5/c19-16(13-23-18-3-1-2-12-22-18)10-8-14-4-6-15(7-5-14)9-11-17(20)21/h4-11,18H,1-3,12-13H2,(H,20,21)/b10-8+,11-9+. The SMILES string of the molecule is O=C(O)/C=C/c1ccc(/C=C/C(=O)COC2CCCCO2)cc1. The largest absolute Gasteiger partial charge is 0.478 e. The van der Waals surface area contributed by atoms with Crippen molar-refractivity contribution in [2.75, 3.05) is 13.2 Å². The van der Waals surface area contributed by atoms with E-state index in [1.54, 1.807) is 18.2 Å². The second kappa shape index (κ2) is 9.02. The Balaban J connectivity index is 1.79. The lowest BCUT2D eigenvalue weighted by molar-refractivity contribution is -0.167. The topological polar surface area (TPSA) is 72.8 Å². The van der Waals surface area contributed by atoms with Gasteiger partial charge < -0.3 is 14.6 Å². The monoisotopic (exact) mass is 316 g/mol. The minimum absolute atomic E-state index is 0.0145. The van der Waals surface area contributed by atoms with Crippen molar-refractivity contribution in [3.05, 3.63) is 47.5 Å². The molecule has 1 unspecified atom stereocenters. The number of ketones is 1. The third-order valence-electron chi connectivity index (χ3n) is 3.37. The molecule has 122 valence electrons. The number of aliphatic carboxylic acids is 1. The quantitative estimate of drug-likeness (QED) is 0.783. The number of benzene rings is 1. The van der Waals surface area contributed by atoms with Gasteiger partial charge in [-0.05, 0) is 42.5 Å². The molecule has 2 rings (SSSR count). The first kappa shape index (κ1) is 17.1. The van der Waals surface area contributed by atoms with E-state index in [0.29, 0.717) is 6.61 Å². The molecule has 0 aliphatic carbocycles. The number of hydrogen-bond donors (Lipinski definition) is 1. The summed E-state index contributed by atoms with van der Waals surface area (Å²) in [6.45, 7) is 0.706. The average Bonchev–Trinajstić information content (AvgIpc) is 2.58. The van der Waals surface area contributed by atoms with Gasteiger partial charge in [0.1, 0.15) is 6.61 Å². The molecule has 1 atom stereocenters. The van der Waals surface area contributed by atoms with Crippen LogP contribution in [-0.4, -0.2) is 36.4 Å². The minimum Gasteiger partial charge on any atom is -0.478 e. The van der Waals surface area contributed by atoms with Gasteiger partial charge in [-0.15, -0.1) is 0 Å². The van der Waals surface area contributed by atoms with Gasteiger partial charge in [0.05, 0.1) is 0 Å². The molecule has 0 amide bonds. The van der Waals surface area contributed by atoms with Gasteiger partial charge in [0, 0.05) is 12.7 Å². The molecule has 1 saturated heterocycles. The molecule has 0 spiro atoms. The lowest BCUT2D eigenvalue weighted by atomic mass is 10.1. The summed E-state index contributed by atoms with van der Waals surface area (Å²) in [4.78, 5) is 22.2. The second-order valence-corrected chi connectivity index (χ2v) is 5.25. The summed E-state index contributed by atoms with van der Waals surface area (Å²) in [7, 11) is 0. The fraction of sp³-hybridized carbons (Fsp3) is 0.333. The number of carbonyl (C=O) groups excluding carboxylic acids is 1. The summed E-state index contributed by atoms with van der Waals surface area (Å²) in [5.41, 5.74) is 1.65. The average molecular weight is 316 g/mol. The van der Waals surface area contributed by atoms with Gasteiger partial charge in [-0.1, -0.05) is 30.3 Å². The number of ether oxygens (including phenoxy) is 2. The zero-order valence-corrected chi connectivity index (χ0v) is 12.8. The van der Waals surface area contributed by atoms with Crippen molar-refractivity contribution in [3.63, 3.8) is 0 Å². The van der Waals surface area contributed by atoms with Gasteiger partial charge in [0.2, 0.25) is 0 Å². The van der Waals surface area contributed by atoms with Crippen molar-refractivity contribution in [2.45, 2.75) is 25.6 Å². The molecule has 23 heavy (non-hydrogen) atoms. The van der Waals surface area contributed by atoms with E-state index in [9.17, 15) is 9.59 Å². The van der Waals surface area contributed by atoms with Crippen molar-refractivity contribution in [3.8, 4) is 0 Å². The molecule has 0 saturated carbocycles. The van der Waals surface area contributed by atoms with E-state index >= 15 is 0 Å². The summed E-state index contributed by atoms with van der Waals surface area (Å²) < 4.78 is 10.8. The Morgan fingerprint density at radius 1 is 1.13 bits per heavy atom. The van der Waals surface area contributed by atoms with E-state index in [0.717, 1.165) is 36.5 Å². The third kappa shape index (κ3) is 6.59. The Hall–Kier alpha value is -2.24. The summed E-state index contributed by atoms with van der Waals surface area (Å²) in [6, 6.07) is 7.21. The first-order chi connectivity index (χ1) is 11.1. The zero-order chi connectivity index (χ0) is 16.5. The predicted molar refractivity (Wildman–Crippen MR) is 86.7 cm³/mol. The van der Waals surface area contributed by atoms with Crippen LogP contribution >= 0.6 is 0 Å². The van der Waals surface area contributed by atoms with Crippen LogP contribution in [-0.2, 0) is 19.1 Å². The Bertz CT molecular complexity index is 580. The lowest BCUT2D eigenvalue weighted by Gasteiger charge is -2.21. The van der Waals surface area contributed by atoms with Crippen molar-refractivity contribution in [2.24, 2.45) is 0 Å². The molecule has 1 aliphatic heterocycles. The molecule has 5 nitrogen and oxygen atoms in total. The Labute approximate surface area is 135 Å². The fourth-order valence-electron chi connectivity index (χ4n) is 2.14. The molecule has 1 fully saturated rings. The number of hydrogen-bond acceptors (Lipinski definition) is 4. The maximum Gasteiger partial charge on any atom is 0.328 e. The molecule has 1 aromatic rings. The van der Waals surface area contributed by atoms with E-state index in [4.69, 9.17) is 14.6 Å². The van der Waals surface area contributed by atoms with Crippen molar-refractivity contribution < 1.29 is 24.2 Å². The molecular formula is C18H20O5. The molecule has 1 N–H and O–H groups in total. The molecule has 5 heteroatoms. The van der Waals surface area contributed by atoms with Crippen molar-refractivity contribution >= 4 is 23.9 Å². The van der Waals surface area contributed by atoms with Crippen LogP contribution in [0.15, 0.2) is 36.4 Å². The van der Waals surface area contributed by atoms with Gasteiger partial charge in [0.25, 0.3) is 0 Å². The van der Waals surface area contributed by atoms with Crippen molar-refractivity contribution in [1.29, 1.82) is 0 Å². The van der Waals surface area contributed by atoms with Gasteiger partial charge in [-0.25, -0.2) is 4.79 Å². The van der Waals surface area contributed by atoms with Gasteiger partial charge in [-0.3, -0.25) is 4.79 Å². The Morgan fingerprint density at radius 3 is 2.35 bits per heavy atom. The van der Waals surface area contributed by atoms with Crippen LogP contribution in [0.4, 0.5) is 0 Å².